The van der Waals surface area contributed by atoms with Crippen LogP contribution in [-0.4, -0.2) is 69.7 Å². The maximum Gasteiger partial charge on any atom is 0.323 e. The van der Waals surface area contributed by atoms with E-state index in [4.69, 9.17) is 0 Å². The van der Waals surface area contributed by atoms with Crippen LogP contribution in [0.15, 0.2) is 129 Å². The number of carbonyl (C=O) groups excluding carboxylic acids is 3. The minimum atomic E-state index is -5.24. The number of benzene rings is 6. The lowest BCUT2D eigenvalue weighted by atomic mass is 10.1. The molecule has 0 bridgehead atoms. The highest BCUT2D eigenvalue weighted by atomic mass is 32.2. The highest BCUT2D eigenvalue weighted by molar-refractivity contribution is 7.87. The summed E-state index contributed by atoms with van der Waals surface area (Å²) in [7, 11) is -20.8. The molecule has 4 amide bonds. The van der Waals surface area contributed by atoms with E-state index in [1.807, 2.05) is 0 Å². The average molecular weight is 867 g/mol. The van der Waals surface area contributed by atoms with E-state index in [0.717, 1.165) is 60.7 Å². The molecule has 300 valence electrons. The van der Waals surface area contributed by atoms with E-state index >= 15 is 0 Å². The topological polar surface area (TPSA) is 328 Å². The highest BCUT2D eigenvalue weighted by Crippen LogP contribution is 2.36. The summed E-state index contributed by atoms with van der Waals surface area (Å²) in [5.74, 6) is -1.81. The molecule has 0 aliphatic rings. The van der Waals surface area contributed by atoms with Crippen molar-refractivity contribution in [2.24, 2.45) is 0 Å². The zero-order valence-corrected chi connectivity index (χ0v) is 31.9. The second-order valence-corrected chi connectivity index (χ2v) is 17.4. The molecule has 6 aromatic rings. The lowest BCUT2D eigenvalue weighted by Gasteiger charge is -2.18. The van der Waals surface area contributed by atoms with E-state index in [9.17, 15) is 66.3 Å². The Labute approximate surface area is 328 Å². The van der Waals surface area contributed by atoms with Gasteiger partial charge in [-0.05, 0) is 72.8 Å². The zero-order chi connectivity index (χ0) is 42.4. The molecule has 0 saturated heterocycles. The van der Waals surface area contributed by atoms with E-state index in [-0.39, 0.29) is 33.9 Å². The van der Waals surface area contributed by atoms with Gasteiger partial charge in [-0.3, -0.25) is 9.59 Å². The minimum absolute atomic E-state index is 0.0408. The molecule has 6 aromatic carbocycles. The predicted molar refractivity (Wildman–Crippen MR) is 201 cm³/mol. The largest absolute Gasteiger partial charge is 0.744 e. The normalized spacial score (nSPS) is 12.2. The highest BCUT2D eigenvalue weighted by Gasteiger charge is 2.21. The fourth-order valence-electron chi connectivity index (χ4n) is 5.91. The van der Waals surface area contributed by atoms with Crippen LogP contribution in [0.4, 0.5) is 27.5 Å². The van der Waals surface area contributed by atoms with Crippen LogP contribution in [0.25, 0.3) is 21.5 Å². The van der Waals surface area contributed by atoms with Crippen LogP contribution in [0.2, 0.25) is 0 Å². The molecule has 0 radical (unpaired) electrons. The Morgan fingerprint density at radius 3 is 1.09 bits per heavy atom. The van der Waals surface area contributed by atoms with Crippen molar-refractivity contribution in [1.82, 2.24) is 0 Å². The molecule has 0 heterocycles. The molecule has 23 heteroatoms. The summed E-state index contributed by atoms with van der Waals surface area (Å²) in [5.41, 5.74) is -0.793. The van der Waals surface area contributed by atoms with Crippen molar-refractivity contribution in [3.05, 3.63) is 120 Å². The Kier molecular flexibility index (Phi) is 10.8. The van der Waals surface area contributed by atoms with Gasteiger partial charge in [-0.15, -0.1) is 0 Å². The van der Waals surface area contributed by atoms with Crippen LogP contribution in [0.5, 0.6) is 0 Å². The van der Waals surface area contributed by atoms with Gasteiger partial charge < -0.3 is 39.5 Å². The maximum atomic E-state index is 13.3. The van der Waals surface area contributed by atoms with Crippen LogP contribution >= 0.6 is 0 Å². The minimum Gasteiger partial charge on any atom is -0.744 e. The number of hydrogen-bond donors (Lipinski definition) is 4. The van der Waals surface area contributed by atoms with Crippen molar-refractivity contribution in [2.45, 2.75) is 19.6 Å². The van der Waals surface area contributed by atoms with E-state index in [1.54, 1.807) is 0 Å². The number of nitrogens with one attached hydrogen (secondary N) is 4. The second-order valence-electron chi connectivity index (χ2n) is 12.0. The van der Waals surface area contributed by atoms with Crippen molar-refractivity contribution < 1.29 is 66.3 Å². The summed E-state index contributed by atoms with van der Waals surface area (Å²) in [4.78, 5) is 36.1. The number of fused-ring (bicyclic) bond motifs is 2. The van der Waals surface area contributed by atoms with E-state index in [1.165, 1.54) is 48.5 Å². The number of carbonyl (C=O) groups is 3. The third-order valence-corrected chi connectivity index (χ3v) is 11.8. The van der Waals surface area contributed by atoms with Gasteiger partial charge in [0.1, 0.15) is 40.5 Å². The molecule has 0 spiro atoms. The van der Waals surface area contributed by atoms with Gasteiger partial charge in [0.05, 0.1) is 31.0 Å². The Bertz CT molecular complexity index is 2980. The zero-order valence-electron chi connectivity index (χ0n) is 28.6. The SMILES string of the molecule is O=C(Nc1cccc(C(=O)Nc2ccc(S(=O)(=O)[O-])c3cccc(S(=O)(=O)[O-])c23)c1)Nc1cccc(C(=O)Nc2ccc(S(=O)(=O)[O-])c3cccc(S(=O)(=O)[O-])c23)c1. The molecule has 4 N–H and O–H groups in total. The van der Waals surface area contributed by atoms with Gasteiger partial charge >= 0.3 is 6.03 Å². The van der Waals surface area contributed by atoms with E-state index < -0.39 is 99.4 Å². The first-order valence-corrected chi connectivity index (χ1v) is 21.5. The summed E-state index contributed by atoms with van der Waals surface area (Å²) >= 11 is 0. The first-order valence-electron chi connectivity index (χ1n) is 15.9. The maximum absolute atomic E-state index is 13.3. The summed E-state index contributed by atoms with van der Waals surface area (Å²) < 4.78 is 143. The average Bonchev–Trinajstić information content (AvgIpc) is 3.13. The molecular formula is C35H22N4O15S4-4. The van der Waals surface area contributed by atoms with Crippen LogP contribution in [-0.2, 0) is 40.5 Å². The van der Waals surface area contributed by atoms with Crippen molar-refractivity contribution in [3.63, 3.8) is 0 Å². The lowest BCUT2D eigenvalue weighted by Crippen LogP contribution is -2.20. The van der Waals surface area contributed by atoms with Gasteiger partial charge in [-0.2, -0.15) is 0 Å². The van der Waals surface area contributed by atoms with Gasteiger partial charge in [-0.25, -0.2) is 38.5 Å². The molecule has 58 heavy (non-hydrogen) atoms. The van der Waals surface area contributed by atoms with Gasteiger partial charge in [0.2, 0.25) is 0 Å². The van der Waals surface area contributed by atoms with Crippen LogP contribution in [0.3, 0.4) is 0 Å². The first-order chi connectivity index (χ1) is 27.0. The van der Waals surface area contributed by atoms with Gasteiger partial charge in [-0.1, -0.05) is 36.4 Å². The number of urea groups is 1. The van der Waals surface area contributed by atoms with Gasteiger partial charge in [0.25, 0.3) is 11.8 Å². The molecule has 0 saturated carbocycles. The summed E-state index contributed by atoms with van der Waals surface area (Å²) in [6, 6.07) is 19.2. The van der Waals surface area contributed by atoms with Crippen molar-refractivity contribution in [2.75, 3.05) is 21.3 Å². The van der Waals surface area contributed by atoms with Crippen molar-refractivity contribution in [3.8, 4) is 0 Å². The smallest absolute Gasteiger partial charge is 0.323 e. The molecule has 0 unspecified atom stereocenters. The molecule has 0 aromatic heterocycles. The Hall–Kier alpha value is -6.31. The fraction of sp³-hybridized carbons (Fsp3) is 0. The summed E-state index contributed by atoms with van der Waals surface area (Å²) in [6.07, 6.45) is 0. The number of anilines is 4. The second kappa shape index (κ2) is 15.2. The first kappa shape index (κ1) is 41.3. The number of amides is 4. The molecule has 6 rings (SSSR count). The fourth-order valence-corrected chi connectivity index (χ4v) is 8.69. The molecule has 0 aliphatic carbocycles. The Morgan fingerprint density at radius 1 is 0.397 bits per heavy atom. The monoisotopic (exact) mass is 866 g/mol. The molecule has 0 fully saturated rings. The predicted octanol–water partition coefficient (Wildman–Crippen LogP) is 3.76. The van der Waals surface area contributed by atoms with Gasteiger partial charge in [0.15, 0.2) is 0 Å². The summed E-state index contributed by atoms with van der Waals surface area (Å²) in [6.45, 7) is 0. The standard InChI is InChI=1S/C35H26N4O15S4/c40-33(38-25-13-15-27(55(43,44)45)23-9-3-11-29(31(23)25)57(49,50)51)19-5-1-7-21(17-19)36-35(42)37-22-8-2-6-20(18-22)34(41)39-26-14-16-28(56(46,47)48)24-10-4-12-30(32(24)26)58(52,53)54/h1-18H,(H,38,40)(H,39,41)(H2,36,37,42)(H,43,44,45)(H,46,47,48)(H,49,50,51)(H,52,53,54)/p-4. The lowest BCUT2D eigenvalue weighted by molar-refractivity contribution is 0.101. The van der Waals surface area contributed by atoms with Crippen LogP contribution in [0.1, 0.15) is 20.7 Å². The van der Waals surface area contributed by atoms with Crippen LogP contribution in [0, 0.1) is 0 Å². The van der Waals surface area contributed by atoms with Gasteiger partial charge in [0, 0.05) is 44.0 Å². The van der Waals surface area contributed by atoms with Crippen molar-refractivity contribution in [1.29, 1.82) is 0 Å². The Morgan fingerprint density at radius 2 is 0.741 bits per heavy atom. The third-order valence-electron chi connectivity index (χ3n) is 8.26. The number of rotatable bonds is 10. The van der Waals surface area contributed by atoms with E-state index in [2.05, 4.69) is 21.3 Å². The third kappa shape index (κ3) is 8.80. The molecule has 0 atom stereocenters. The van der Waals surface area contributed by atoms with E-state index in [0.29, 0.717) is 0 Å². The Balaban J connectivity index is 1.20. The van der Waals surface area contributed by atoms with Crippen molar-refractivity contribution >= 4 is 103 Å². The molecular weight excluding hydrogens is 845 g/mol. The summed E-state index contributed by atoms with van der Waals surface area (Å²) in [5, 5.41) is 7.80. The molecule has 19 nitrogen and oxygen atoms in total. The molecule has 0 aliphatic heterocycles. The van der Waals surface area contributed by atoms with Crippen LogP contribution < -0.4 is 21.3 Å². The number of hydrogen-bond acceptors (Lipinski definition) is 15. The quantitative estimate of drug-likeness (QED) is 0.142.